The van der Waals surface area contributed by atoms with Gasteiger partial charge in [-0.15, -0.1) is 0 Å². The number of carbonyl (C=O) groups excluding carboxylic acids is 1. The molecule has 0 aliphatic carbocycles. The number of sulfone groups is 1. The largest absolute Gasteiger partial charge is 0.503 e. The summed E-state index contributed by atoms with van der Waals surface area (Å²) in [5.74, 6) is -0.974. The van der Waals surface area contributed by atoms with Gasteiger partial charge in [0.05, 0.1) is 12.1 Å². The molecule has 3 aromatic rings. The molecule has 3 rings (SSSR count). The third kappa shape index (κ3) is 4.62. The third-order valence-corrected chi connectivity index (χ3v) is 5.37. The first-order valence-corrected chi connectivity index (χ1v) is 9.76. The summed E-state index contributed by atoms with van der Waals surface area (Å²) in [6.45, 7) is 0.498. The predicted molar refractivity (Wildman–Crippen MR) is 96.4 cm³/mol. The summed E-state index contributed by atoms with van der Waals surface area (Å²) in [4.78, 5) is 15.6. The third-order valence-electron chi connectivity index (χ3n) is 3.92. The Labute approximate surface area is 164 Å². The lowest BCUT2D eigenvalue weighted by Gasteiger charge is -2.12. The molecule has 2 heterocycles. The molecule has 0 spiro atoms. The van der Waals surface area contributed by atoms with Gasteiger partial charge in [0.25, 0.3) is 15.7 Å². The van der Waals surface area contributed by atoms with Gasteiger partial charge in [0.2, 0.25) is 0 Å². The summed E-state index contributed by atoms with van der Waals surface area (Å²) in [6.07, 6.45) is 4.32. The molecule has 29 heavy (non-hydrogen) atoms. The minimum atomic E-state index is -5.75. The summed E-state index contributed by atoms with van der Waals surface area (Å²) in [5.41, 5.74) is -4.64. The molecule has 1 N–H and O–H groups in total. The fraction of sp³-hybridized carbons (Fsp3) is 0.167. The van der Waals surface area contributed by atoms with Crippen LogP contribution in [0.2, 0.25) is 0 Å². The number of rotatable bonds is 6. The van der Waals surface area contributed by atoms with Gasteiger partial charge in [0.15, 0.2) is 5.03 Å². The molecular weight excluding hydrogens is 409 g/mol. The van der Waals surface area contributed by atoms with E-state index in [1.807, 2.05) is 6.07 Å². The van der Waals surface area contributed by atoms with Crippen LogP contribution in [0.5, 0.6) is 0 Å². The van der Waals surface area contributed by atoms with Gasteiger partial charge in [-0.1, -0.05) is 24.3 Å². The van der Waals surface area contributed by atoms with Crippen molar-refractivity contribution in [3.05, 3.63) is 77.7 Å². The normalized spacial score (nSPS) is 12.0. The molecular formula is C18H15F3N4O3S. The number of carbonyl (C=O) groups is 1. The number of amides is 1. The highest BCUT2D eigenvalue weighted by molar-refractivity contribution is 7.92. The first kappa shape index (κ1) is 20.5. The minimum absolute atomic E-state index is 0.00776. The minimum Gasteiger partial charge on any atom is -0.348 e. The maximum atomic E-state index is 12.8. The number of hydrogen-bond donors (Lipinski definition) is 1. The lowest BCUT2D eigenvalue weighted by molar-refractivity contribution is -0.0438. The summed E-state index contributed by atoms with van der Waals surface area (Å²) < 4.78 is 63.6. The predicted octanol–water partition coefficient (Wildman–Crippen LogP) is 2.55. The second-order valence-corrected chi connectivity index (χ2v) is 7.87. The molecule has 0 unspecified atom stereocenters. The molecule has 0 atom stereocenters. The molecule has 7 nitrogen and oxygen atoms in total. The lowest BCUT2D eigenvalue weighted by atomic mass is 10.1. The van der Waals surface area contributed by atoms with Crippen LogP contribution in [0.25, 0.3) is 0 Å². The van der Waals surface area contributed by atoms with E-state index >= 15 is 0 Å². The Bertz CT molecular complexity index is 1110. The van der Waals surface area contributed by atoms with Gasteiger partial charge in [0, 0.05) is 25.1 Å². The molecule has 11 heteroatoms. The average molecular weight is 424 g/mol. The van der Waals surface area contributed by atoms with Crippen LogP contribution < -0.4 is 5.32 Å². The fourth-order valence-corrected chi connectivity index (χ4v) is 3.45. The summed E-state index contributed by atoms with van der Waals surface area (Å²) in [7, 11) is -5.75. The van der Waals surface area contributed by atoms with Crippen molar-refractivity contribution in [3.63, 3.8) is 0 Å². The monoisotopic (exact) mass is 424 g/mol. The number of benzene rings is 1. The van der Waals surface area contributed by atoms with Gasteiger partial charge in [-0.2, -0.15) is 18.3 Å². The van der Waals surface area contributed by atoms with Crippen molar-refractivity contribution >= 4 is 15.7 Å². The van der Waals surface area contributed by atoms with Crippen molar-refractivity contribution in [1.29, 1.82) is 0 Å². The Hall–Kier alpha value is -3.21. The molecule has 0 aliphatic rings. The zero-order valence-corrected chi connectivity index (χ0v) is 15.6. The Morgan fingerprint density at radius 2 is 1.83 bits per heavy atom. The van der Waals surface area contributed by atoms with E-state index in [4.69, 9.17) is 0 Å². The van der Waals surface area contributed by atoms with E-state index in [1.54, 1.807) is 41.3 Å². The highest BCUT2D eigenvalue weighted by Crippen LogP contribution is 2.30. The molecule has 0 aliphatic heterocycles. The molecule has 0 saturated carbocycles. The molecule has 152 valence electrons. The number of aromatic nitrogens is 3. The quantitative estimate of drug-likeness (QED) is 0.656. The van der Waals surface area contributed by atoms with Gasteiger partial charge in [-0.3, -0.25) is 9.48 Å². The number of hydrogen-bond acceptors (Lipinski definition) is 5. The van der Waals surface area contributed by atoms with E-state index in [0.29, 0.717) is 12.1 Å². The number of pyridine rings is 1. The van der Waals surface area contributed by atoms with Gasteiger partial charge in [-0.25, -0.2) is 13.4 Å². The molecule has 0 fully saturated rings. The van der Waals surface area contributed by atoms with E-state index in [0.717, 1.165) is 17.8 Å². The SMILES string of the molecule is O=C(NCc1cccc(Cn2cccn2)c1)c1cccnc1S(=O)(=O)C(F)(F)F. The van der Waals surface area contributed by atoms with Crippen LogP contribution in [-0.2, 0) is 22.9 Å². The second kappa shape index (κ2) is 8.03. The van der Waals surface area contributed by atoms with Crippen LogP contribution in [0.1, 0.15) is 21.5 Å². The highest BCUT2D eigenvalue weighted by Gasteiger charge is 2.49. The van der Waals surface area contributed by atoms with Gasteiger partial charge >= 0.3 is 5.51 Å². The van der Waals surface area contributed by atoms with Crippen molar-refractivity contribution < 1.29 is 26.4 Å². The van der Waals surface area contributed by atoms with Crippen LogP contribution in [0.3, 0.4) is 0 Å². The van der Waals surface area contributed by atoms with Crippen LogP contribution in [0, 0.1) is 0 Å². The number of nitrogens with zero attached hydrogens (tertiary/aromatic N) is 3. The average Bonchev–Trinajstić information content (AvgIpc) is 3.18. The van der Waals surface area contributed by atoms with Crippen LogP contribution in [-0.4, -0.2) is 34.6 Å². The van der Waals surface area contributed by atoms with Crippen molar-refractivity contribution in [2.75, 3.05) is 0 Å². The van der Waals surface area contributed by atoms with E-state index in [9.17, 15) is 26.4 Å². The maximum Gasteiger partial charge on any atom is 0.503 e. The zero-order chi connectivity index (χ0) is 21.1. The van der Waals surface area contributed by atoms with Crippen molar-refractivity contribution in [2.24, 2.45) is 0 Å². The Morgan fingerprint density at radius 3 is 2.52 bits per heavy atom. The van der Waals surface area contributed by atoms with Crippen molar-refractivity contribution in [3.8, 4) is 0 Å². The number of nitrogens with one attached hydrogen (secondary N) is 1. The second-order valence-electron chi connectivity index (χ2n) is 6.01. The molecule has 0 radical (unpaired) electrons. The fourth-order valence-electron chi connectivity index (χ4n) is 2.58. The van der Waals surface area contributed by atoms with Crippen LogP contribution in [0.15, 0.2) is 66.1 Å². The van der Waals surface area contributed by atoms with E-state index < -0.39 is 31.8 Å². The van der Waals surface area contributed by atoms with Crippen molar-refractivity contribution in [2.45, 2.75) is 23.6 Å². The molecule has 1 amide bonds. The standard InChI is InChI=1S/C18H15F3N4O3S/c19-18(20,21)29(27,28)17-15(6-2-7-22-17)16(26)23-11-13-4-1-5-14(10-13)12-25-9-3-8-24-25/h1-10H,11-12H2,(H,23,26). The topological polar surface area (TPSA) is 93.9 Å². The zero-order valence-electron chi connectivity index (χ0n) is 14.8. The summed E-state index contributed by atoms with van der Waals surface area (Å²) in [6, 6.07) is 11.1. The van der Waals surface area contributed by atoms with Gasteiger partial charge < -0.3 is 5.32 Å². The Kier molecular flexibility index (Phi) is 5.69. The smallest absolute Gasteiger partial charge is 0.348 e. The summed E-state index contributed by atoms with van der Waals surface area (Å²) >= 11 is 0. The lowest BCUT2D eigenvalue weighted by Crippen LogP contribution is -2.30. The van der Waals surface area contributed by atoms with Gasteiger partial charge in [-0.05, 0) is 29.3 Å². The van der Waals surface area contributed by atoms with Crippen LogP contribution >= 0.6 is 0 Å². The molecule has 0 saturated heterocycles. The number of halogens is 3. The van der Waals surface area contributed by atoms with E-state index in [1.165, 1.54) is 6.07 Å². The number of alkyl halides is 3. The molecule has 0 bridgehead atoms. The highest BCUT2D eigenvalue weighted by atomic mass is 32.2. The molecule has 1 aromatic carbocycles. The van der Waals surface area contributed by atoms with Crippen molar-refractivity contribution in [1.82, 2.24) is 20.1 Å². The molecule has 2 aromatic heterocycles. The summed E-state index contributed by atoms with van der Waals surface area (Å²) in [5, 5.41) is 5.21. The van der Waals surface area contributed by atoms with E-state index in [2.05, 4.69) is 15.4 Å². The van der Waals surface area contributed by atoms with E-state index in [-0.39, 0.29) is 6.54 Å². The first-order chi connectivity index (χ1) is 13.7. The van der Waals surface area contributed by atoms with Gasteiger partial charge in [0.1, 0.15) is 0 Å². The first-order valence-electron chi connectivity index (χ1n) is 8.28. The maximum absolute atomic E-state index is 12.8. The Balaban J connectivity index is 1.76. The Morgan fingerprint density at radius 1 is 1.07 bits per heavy atom. The van der Waals surface area contributed by atoms with Crippen LogP contribution in [0.4, 0.5) is 13.2 Å².